The van der Waals surface area contributed by atoms with Crippen LogP contribution in [0.25, 0.3) is 5.69 Å². The van der Waals surface area contributed by atoms with Crippen LogP contribution < -0.4 is 5.62 Å². The molecule has 0 aromatic carbocycles. The molecule has 0 saturated carbocycles. The molecule has 2 heterocycles. The van der Waals surface area contributed by atoms with Gasteiger partial charge in [0.15, 0.2) is 0 Å². The molecule has 4 nitrogen and oxygen atoms in total. The molecule has 4 heteroatoms. The summed E-state index contributed by atoms with van der Waals surface area (Å²) in [5.74, 6) is 0. The van der Waals surface area contributed by atoms with E-state index in [0.717, 1.165) is 5.69 Å². The lowest BCUT2D eigenvalue weighted by atomic mass is 10.6. The highest BCUT2D eigenvalue weighted by atomic mass is 16.3. The van der Waals surface area contributed by atoms with Crippen molar-refractivity contribution < 1.29 is 4.42 Å². The highest BCUT2D eigenvalue weighted by Gasteiger charge is 2.00. The Labute approximate surface area is 56.6 Å². The lowest BCUT2D eigenvalue weighted by molar-refractivity contribution is 0.533. The summed E-state index contributed by atoms with van der Waals surface area (Å²) >= 11 is 0. The molecule has 0 aliphatic carbocycles. The average molecular weight is 135 g/mol. The number of rotatable bonds is 0. The summed E-state index contributed by atoms with van der Waals surface area (Å²) in [7, 11) is 0. The molecule has 2 aliphatic heterocycles. The summed E-state index contributed by atoms with van der Waals surface area (Å²) in [5.41, 5.74) is 1.03. The first-order chi connectivity index (χ1) is 4.88. The predicted molar refractivity (Wildman–Crippen MR) is 32.9 cm³/mol. The Morgan fingerprint density at radius 1 is 1.60 bits per heavy atom. The number of hydrogen-bond acceptors (Lipinski definition) is 3. The number of hydrogen-bond donors (Lipinski definition) is 1. The molecule has 50 valence electrons. The van der Waals surface area contributed by atoms with Crippen LogP contribution in [-0.2, 0) is 0 Å². The maximum Gasteiger partial charge on any atom is 0.226 e. The van der Waals surface area contributed by atoms with E-state index in [1.54, 1.807) is 23.2 Å². The molecule has 0 radical (unpaired) electrons. The standard InChI is InChI=1S/C6H5N3O/c7-6-8-3-5-4-10-2-1-9(5)6/h1-4,7H. The van der Waals surface area contributed by atoms with Gasteiger partial charge in [-0.05, 0) is 0 Å². The fraction of sp³-hybridized carbons (Fsp3) is 0. The van der Waals surface area contributed by atoms with E-state index in [9.17, 15) is 0 Å². The summed E-state index contributed by atoms with van der Waals surface area (Å²) in [6, 6.07) is 0. The number of aromatic nitrogens is 2. The van der Waals surface area contributed by atoms with Crippen LogP contribution in [0.2, 0.25) is 0 Å². The molecule has 10 heavy (non-hydrogen) atoms. The van der Waals surface area contributed by atoms with Crippen LogP contribution in [-0.4, -0.2) is 9.55 Å². The highest BCUT2D eigenvalue weighted by Crippen LogP contribution is 2.01. The Hall–Kier alpha value is -1.58. The van der Waals surface area contributed by atoms with Crippen molar-refractivity contribution in [1.29, 1.82) is 5.41 Å². The molecular weight excluding hydrogens is 130 g/mol. The third kappa shape index (κ3) is 0.556. The molecule has 0 fully saturated rings. The van der Waals surface area contributed by atoms with Crippen molar-refractivity contribution in [3.05, 3.63) is 30.5 Å². The van der Waals surface area contributed by atoms with Gasteiger partial charge in [-0.3, -0.25) is 9.98 Å². The Bertz CT molecular complexity index is 362. The van der Waals surface area contributed by atoms with Crippen LogP contribution in [0.3, 0.4) is 0 Å². The molecule has 0 unspecified atom stereocenters. The van der Waals surface area contributed by atoms with Gasteiger partial charge in [-0.25, -0.2) is 4.98 Å². The van der Waals surface area contributed by atoms with E-state index in [0.29, 0.717) is 0 Å². The van der Waals surface area contributed by atoms with Gasteiger partial charge in [0.05, 0.1) is 6.20 Å². The van der Waals surface area contributed by atoms with Crippen LogP contribution in [0, 0.1) is 5.41 Å². The molecule has 0 atom stereocenters. The van der Waals surface area contributed by atoms with Crippen LogP contribution in [0.4, 0.5) is 0 Å². The molecule has 0 amide bonds. The maximum absolute atomic E-state index is 7.25. The molecule has 0 saturated heterocycles. The minimum absolute atomic E-state index is 0.228. The minimum atomic E-state index is 0.228. The van der Waals surface area contributed by atoms with E-state index in [1.807, 2.05) is 0 Å². The third-order valence-corrected chi connectivity index (χ3v) is 1.30. The van der Waals surface area contributed by atoms with Crippen molar-refractivity contribution >= 4 is 0 Å². The smallest absolute Gasteiger partial charge is 0.226 e. The minimum Gasteiger partial charge on any atom is -0.469 e. The average Bonchev–Trinajstić information content (AvgIpc) is 2.34. The fourth-order valence-corrected chi connectivity index (χ4v) is 0.823. The molecule has 0 aromatic rings. The summed E-state index contributed by atoms with van der Waals surface area (Å²) in [6.45, 7) is 0. The van der Waals surface area contributed by atoms with Crippen molar-refractivity contribution in [3.8, 4) is 5.69 Å². The molecule has 0 spiro atoms. The van der Waals surface area contributed by atoms with Crippen molar-refractivity contribution in [1.82, 2.24) is 9.55 Å². The summed E-state index contributed by atoms with van der Waals surface area (Å²) < 4.78 is 6.49. The summed E-state index contributed by atoms with van der Waals surface area (Å²) in [4.78, 5) is 3.77. The molecule has 2 rings (SSSR count). The number of nitrogens with one attached hydrogen (secondary N) is 1. The van der Waals surface area contributed by atoms with E-state index in [2.05, 4.69) is 4.98 Å². The number of fused-ring (bicyclic) bond motifs is 1. The molecular formula is C6H5N3O. The second-order valence-electron chi connectivity index (χ2n) is 1.92. The molecule has 0 aromatic heterocycles. The largest absolute Gasteiger partial charge is 0.469 e. The van der Waals surface area contributed by atoms with Gasteiger partial charge in [0.25, 0.3) is 0 Å². The first-order valence-corrected chi connectivity index (χ1v) is 2.82. The second kappa shape index (κ2) is 1.70. The zero-order valence-corrected chi connectivity index (χ0v) is 5.11. The van der Waals surface area contributed by atoms with Gasteiger partial charge in [0.2, 0.25) is 5.62 Å². The van der Waals surface area contributed by atoms with Crippen molar-refractivity contribution in [2.24, 2.45) is 0 Å². The van der Waals surface area contributed by atoms with Gasteiger partial charge in [0, 0.05) is 6.20 Å². The molecule has 1 N–H and O–H groups in total. The van der Waals surface area contributed by atoms with Crippen molar-refractivity contribution in [3.63, 3.8) is 0 Å². The van der Waals surface area contributed by atoms with E-state index in [1.165, 1.54) is 6.26 Å². The van der Waals surface area contributed by atoms with Crippen LogP contribution in [0.15, 0.2) is 29.3 Å². The lowest BCUT2D eigenvalue weighted by Gasteiger charge is -1.96. The summed E-state index contributed by atoms with van der Waals surface area (Å²) in [6.07, 6.45) is 6.30. The lowest BCUT2D eigenvalue weighted by Crippen LogP contribution is -2.12. The quantitative estimate of drug-likeness (QED) is 0.567. The van der Waals surface area contributed by atoms with Crippen molar-refractivity contribution in [2.45, 2.75) is 0 Å². The van der Waals surface area contributed by atoms with Gasteiger partial charge >= 0.3 is 0 Å². The number of nitrogens with zero attached hydrogens (tertiary/aromatic N) is 2. The van der Waals surface area contributed by atoms with Gasteiger partial charge in [-0.2, -0.15) is 0 Å². The second-order valence-corrected chi connectivity index (χ2v) is 1.92. The SMILES string of the molecule is N=c1ncc2coccn1-2. The van der Waals surface area contributed by atoms with E-state index in [-0.39, 0.29) is 5.62 Å². The predicted octanol–water partition coefficient (Wildman–Crippen LogP) is 0.383. The molecule has 2 aliphatic rings. The van der Waals surface area contributed by atoms with Crippen LogP contribution in [0.5, 0.6) is 0 Å². The Morgan fingerprint density at radius 2 is 2.50 bits per heavy atom. The zero-order valence-electron chi connectivity index (χ0n) is 5.11. The van der Waals surface area contributed by atoms with Crippen molar-refractivity contribution in [2.75, 3.05) is 0 Å². The Kier molecular flexibility index (Phi) is 0.887. The van der Waals surface area contributed by atoms with E-state index in [4.69, 9.17) is 9.83 Å². The monoisotopic (exact) mass is 135 g/mol. The van der Waals surface area contributed by atoms with Crippen LogP contribution >= 0.6 is 0 Å². The zero-order chi connectivity index (χ0) is 6.97. The fourth-order valence-electron chi connectivity index (χ4n) is 0.823. The highest BCUT2D eigenvalue weighted by molar-refractivity contribution is 5.23. The normalized spacial score (nSPS) is 10.4. The van der Waals surface area contributed by atoms with Gasteiger partial charge in [-0.1, -0.05) is 0 Å². The topological polar surface area (TPSA) is 54.8 Å². The number of imidazole rings is 1. The van der Waals surface area contributed by atoms with E-state index < -0.39 is 0 Å². The van der Waals surface area contributed by atoms with Gasteiger partial charge in [0.1, 0.15) is 18.2 Å². The molecule has 0 bridgehead atoms. The summed E-state index contributed by atoms with van der Waals surface area (Å²) in [5, 5.41) is 7.25. The first kappa shape index (κ1) is 5.22. The third-order valence-electron chi connectivity index (χ3n) is 1.30. The first-order valence-electron chi connectivity index (χ1n) is 2.82. The Balaban J connectivity index is 2.91. The maximum atomic E-state index is 7.25. The Morgan fingerprint density at radius 3 is 3.30 bits per heavy atom. The van der Waals surface area contributed by atoms with Gasteiger partial charge < -0.3 is 4.42 Å². The van der Waals surface area contributed by atoms with Gasteiger partial charge in [-0.15, -0.1) is 0 Å². The van der Waals surface area contributed by atoms with E-state index >= 15 is 0 Å². The van der Waals surface area contributed by atoms with Crippen LogP contribution in [0.1, 0.15) is 0 Å².